The number of sulfonamides is 1. The molecule has 1 amide bonds. The van der Waals surface area contributed by atoms with Crippen molar-refractivity contribution in [1.82, 2.24) is 9.29 Å². The number of aromatic nitrogens is 1. The van der Waals surface area contributed by atoms with E-state index in [1.54, 1.807) is 18.3 Å². The quantitative estimate of drug-likeness (QED) is 0.889. The maximum atomic E-state index is 12.7. The molecule has 3 rings (SSSR count). The fraction of sp³-hybridized carbons (Fsp3) is 0.333. The third kappa shape index (κ3) is 3.64. The molecule has 2 aromatic rings. The van der Waals surface area contributed by atoms with Gasteiger partial charge in [0.15, 0.2) is 5.13 Å². The van der Waals surface area contributed by atoms with Gasteiger partial charge in [0.1, 0.15) is 0 Å². The molecule has 128 valence electrons. The number of carbonyl (C=O) groups excluding carboxylic acids is 1. The SMILES string of the molecule is Cc1cnc(NC(=O)c2cccc(S(=O)(=O)N3CCOCC3)c2)s1. The molecule has 1 aliphatic rings. The van der Waals surface area contributed by atoms with Gasteiger partial charge >= 0.3 is 0 Å². The van der Waals surface area contributed by atoms with E-state index >= 15 is 0 Å². The monoisotopic (exact) mass is 367 g/mol. The number of morpholine rings is 1. The van der Waals surface area contributed by atoms with E-state index in [4.69, 9.17) is 4.74 Å². The minimum absolute atomic E-state index is 0.104. The molecule has 1 fully saturated rings. The summed E-state index contributed by atoms with van der Waals surface area (Å²) in [5.74, 6) is -0.386. The van der Waals surface area contributed by atoms with Crippen molar-refractivity contribution in [3.63, 3.8) is 0 Å². The minimum atomic E-state index is -3.63. The van der Waals surface area contributed by atoms with Gasteiger partial charge in [-0.25, -0.2) is 13.4 Å². The highest BCUT2D eigenvalue weighted by Gasteiger charge is 2.26. The number of thiazole rings is 1. The molecule has 9 heteroatoms. The summed E-state index contributed by atoms with van der Waals surface area (Å²) in [4.78, 5) is 17.5. The van der Waals surface area contributed by atoms with Crippen LogP contribution in [-0.2, 0) is 14.8 Å². The van der Waals surface area contributed by atoms with Crippen LogP contribution >= 0.6 is 11.3 Å². The van der Waals surface area contributed by atoms with Crippen molar-refractivity contribution < 1.29 is 17.9 Å². The zero-order valence-corrected chi connectivity index (χ0v) is 14.7. The molecule has 0 unspecified atom stereocenters. The Morgan fingerprint density at radius 2 is 2.08 bits per heavy atom. The number of hydrogen-bond acceptors (Lipinski definition) is 6. The Morgan fingerprint density at radius 3 is 2.75 bits per heavy atom. The van der Waals surface area contributed by atoms with Crippen LogP contribution in [0.2, 0.25) is 0 Å². The summed E-state index contributed by atoms with van der Waals surface area (Å²) >= 11 is 1.36. The Morgan fingerprint density at radius 1 is 1.33 bits per heavy atom. The summed E-state index contributed by atoms with van der Waals surface area (Å²) in [6.07, 6.45) is 1.67. The number of carbonyl (C=O) groups is 1. The zero-order valence-electron chi connectivity index (χ0n) is 13.1. The molecular weight excluding hydrogens is 350 g/mol. The lowest BCUT2D eigenvalue weighted by Gasteiger charge is -2.26. The van der Waals surface area contributed by atoms with E-state index in [1.807, 2.05) is 6.92 Å². The second-order valence-electron chi connectivity index (χ2n) is 5.27. The van der Waals surface area contributed by atoms with Gasteiger partial charge in [0.2, 0.25) is 10.0 Å². The first-order valence-electron chi connectivity index (χ1n) is 7.38. The number of hydrogen-bond donors (Lipinski definition) is 1. The van der Waals surface area contributed by atoms with Gasteiger partial charge in [0.05, 0.1) is 18.1 Å². The molecule has 0 saturated carbocycles. The van der Waals surface area contributed by atoms with Crippen LogP contribution < -0.4 is 5.32 Å². The second kappa shape index (κ2) is 6.98. The number of rotatable bonds is 4. The van der Waals surface area contributed by atoms with Crippen LogP contribution in [0.15, 0.2) is 35.4 Å². The molecule has 0 aliphatic carbocycles. The Balaban J connectivity index is 1.81. The van der Waals surface area contributed by atoms with E-state index in [1.165, 1.54) is 27.8 Å². The van der Waals surface area contributed by atoms with Crippen molar-refractivity contribution in [3.8, 4) is 0 Å². The maximum Gasteiger partial charge on any atom is 0.257 e. The summed E-state index contributed by atoms with van der Waals surface area (Å²) < 4.78 is 31.9. The first kappa shape index (κ1) is 17.0. The van der Waals surface area contributed by atoms with Crippen LogP contribution in [-0.4, -0.2) is 49.9 Å². The third-order valence-corrected chi connectivity index (χ3v) is 6.27. The number of aryl methyl sites for hydroxylation is 1. The first-order chi connectivity index (χ1) is 11.5. The van der Waals surface area contributed by atoms with E-state index in [2.05, 4.69) is 10.3 Å². The molecular formula is C15H17N3O4S2. The fourth-order valence-corrected chi connectivity index (χ4v) is 4.43. The van der Waals surface area contributed by atoms with Crippen LogP contribution in [0.1, 0.15) is 15.2 Å². The molecule has 2 heterocycles. The van der Waals surface area contributed by atoms with Crippen molar-refractivity contribution in [1.29, 1.82) is 0 Å². The van der Waals surface area contributed by atoms with Crippen molar-refractivity contribution >= 4 is 32.4 Å². The number of nitrogens with zero attached hydrogens (tertiary/aromatic N) is 2. The Labute approximate surface area is 144 Å². The van der Waals surface area contributed by atoms with Gasteiger partial charge in [0, 0.05) is 29.7 Å². The predicted octanol–water partition coefficient (Wildman–Crippen LogP) is 1.72. The standard InChI is InChI=1S/C15H17N3O4S2/c1-11-10-16-15(23-11)17-14(19)12-3-2-4-13(9-12)24(20,21)18-5-7-22-8-6-18/h2-4,9-10H,5-8H2,1H3,(H,16,17,19). The molecule has 0 radical (unpaired) electrons. The van der Waals surface area contributed by atoms with E-state index in [0.29, 0.717) is 31.4 Å². The molecule has 1 aromatic heterocycles. The van der Waals surface area contributed by atoms with Crippen molar-refractivity contribution in [2.24, 2.45) is 0 Å². The number of anilines is 1. The lowest BCUT2D eigenvalue weighted by Crippen LogP contribution is -2.40. The summed E-state index contributed by atoms with van der Waals surface area (Å²) in [7, 11) is -3.63. The molecule has 24 heavy (non-hydrogen) atoms. The highest BCUT2D eigenvalue weighted by molar-refractivity contribution is 7.89. The van der Waals surface area contributed by atoms with E-state index < -0.39 is 10.0 Å². The van der Waals surface area contributed by atoms with Crippen molar-refractivity contribution in [2.45, 2.75) is 11.8 Å². The van der Waals surface area contributed by atoms with E-state index in [-0.39, 0.29) is 16.4 Å². The van der Waals surface area contributed by atoms with Crippen molar-refractivity contribution in [2.75, 3.05) is 31.6 Å². The predicted molar refractivity (Wildman–Crippen MR) is 90.8 cm³/mol. The number of nitrogens with one attached hydrogen (secondary N) is 1. The molecule has 0 bridgehead atoms. The van der Waals surface area contributed by atoms with Crippen LogP contribution in [0.4, 0.5) is 5.13 Å². The Kier molecular flexibility index (Phi) is 4.95. The van der Waals surface area contributed by atoms with Crippen LogP contribution in [0, 0.1) is 6.92 Å². The van der Waals surface area contributed by atoms with Gasteiger partial charge in [-0.3, -0.25) is 10.1 Å². The van der Waals surface area contributed by atoms with Crippen molar-refractivity contribution in [3.05, 3.63) is 40.9 Å². The highest BCUT2D eigenvalue weighted by Crippen LogP contribution is 2.20. The molecule has 1 N–H and O–H groups in total. The number of ether oxygens (including phenoxy) is 1. The lowest BCUT2D eigenvalue weighted by molar-refractivity contribution is 0.0730. The highest BCUT2D eigenvalue weighted by atomic mass is 32.2. The average molecular weight is 367 g/mol. The van der Waals surface area contributed by atoms with Gasteiger partial charge in [0.25, 0.3) is 5.91 Å². The molecule has 0 spiro atoms. The smallest absolute Gasteiger partial charge is 0.257 e. The van der Waals surface area contributed by atoms with Crippen LogP contribution in [0.25, 0.3) is 0 Å². The maximum absolute atomic E-state index is 12.7. The summed E-state index contributed by atoms with van der Waals surface area (Å²) in [5.41, 5.74) is 0.275. The number of benzene rings is 1. The van der Waals surface area contributed by atoms with Crippen LogP contribution in [0.5, 0.6) is 0 Å². The summed E-state index contributed by atoms with van der Waals surface area (Å²) in [6, 6.07) is 6.03. The fourth-order valence-electron chi connectivity index (χ4n) is 2.32. The third-order valence-electron chi connectivity index (χ3n) is 3.55. The molecule has 1 saturated heterocycles. The second-order valence-corrected chi connectivity index (χ2v) is 8.45. The van der Waals surface area contributed by atoms with Gasteiger partial charge in [-0.15, -0.1) is 11.3 Å². The minimum Gasteiger partial charge on any atom is -0.379 e. The average Bonchev–Trinajstić information content (AvgIpc) is 3.00. The topological polar surface area (TPSA) is 88.6 Å². The molecule has 7 nitrogen and oxygen atoms in total. The summed E-state index contributed by atoms with van der Waals surface area (Å²) in [6.45, 7) is 3.28. The Bertz CT molecular complexity index is 842. The Hall–Kier alpha value is -1.81. The normalized spacial score (nSPS) is 16.0. The molecule has 1 aliphatic heterocycles. The van der Waals surface area contributed by atoms with Crippen LogP contribution in [0.3, 0.4) is 0 Å². The largest absolute Gasteiger partial charge is 0.379 e. The van der Waals surface area contributed by atoms with E-state index in [0.717, 1.165) is 4.88 Å². The molecule has 0 atom stereocenters. The lowest BCUT2D eigenvalue weighted by atomic mass is 10.2. The zero-order chi connectivity index (χ0) is 17.2. The molecule has 1 aromatic carbocycles. The number of amides is 1. The first-order valence-corrected chi connectivity index (χ1v) is 9.64. The van der Waals surface area contributed by atoms with Gasteiger partial charge in [-0.05, 0) is 25.1 Å². The van der Waals surface area contributed by atoms with E-state index in [9.17, 15) is 13.2 Å². The van der Waals surface area contributed by atoms with Gasteiger partial charge in [-0.2, -0.15) is 4.31 Å². The van der Waals surface area contributed by atoms with Gasteiger partial charge in [-0.1, -0.05) is 6.07 Å². The van der Waals surface area contributed by atoms with Gasteiger partial charge < -0.3 is 4.74 Å². The summed E-state index contributed by atoms with van der Waals surface area (Å²) in [5, 5.41) is 3.16.